The molecule has 131 heavy (non-hydrogen) atoms. The van der Waals surface area contributed by atoms with E-state index in [9.17, 15) is 18.0 Å². The Balaban J connectivity index is 0.0000000995. The minimum Gasteiger partial charge on any atom is -0.367 e. The maximum atomic E-state index is 12.8. The van der Waals surface area contributed by atoms with Gasteiger partial charge in [0.1, 0.15) is 0 Å². The molecule has 6 fully saturated rings. The smallest absolute Gasteiger partial charge is 0.246 e. The van der Waals surface area contributed by atoms with E-state index in [1.807, 2.05) is 61.4 Å². The number of piperazine rings is 4. The third kappa shape index (κ3) is 14.6. The molecule has 10 aliphatic rings. The van der Waals surface area contributed by atoms with Gasteiger partial charge < -0.3 is 34.7 Å². The number of aryl methyl sites for hydroxylation is 8. The van der Waals surface area contributed by atoms with Crippen molar-refractivity contribution in [2.45, 2.75) is 161 Å². The lowest BCUT2D eigenvalue weighted by atomic mass is 9.85. The number of nitrogens with one attached hydrogen (secondary N) is 9. The van der Waals surface area contributed by atoms with E-state index in [1.54, 1.807) is 4.31 Å². The van der Waals surface area contributed by atoms with Gasteiger partial charge >= 0.3 is 0 Å². The van der Waals surface area contributed by atoms with Crippen LogP contribution in [0.15, 0.2) is 86.5 Å². The van der Waals surface area contributed by atoms with E-state index >= 15 is 0 Å². The van der Waals surface area contributed by atoms with Crippen LogP contribution in [0.3, 0.4) is 0 Å². The van der Waals surface area contributed by atoms with Gasteiger partial charge in [-0.1, -0.05) is 6.58 Å². The number of aromatic nitrogens is 20. The first-order chi connectivity index (χ1) is 64.2. The van der Waals surface area contributed by atoms with Crippen molar-refractivity contribution in [3.8, 4) is 45.0 Å². The first-order valence-electron chi connectivity index (χ1n) is 47.3. The molecule has 0 radical (unpaired) electrons. The summed E-state index contributed by atoms with van der Waals surface area (Å²) in [4.78, 5) is 59.5. The molecule has 4 aliphatic heterocycles. The summed E-state index contributed by atoms with van der Waals surface area (Å²) in [5, 5.41) is 72.7. The van der Waals surface area contributed by atoms with E-state index < -0.39 is 10.0 Å². The van der Waals surface area contributed by atoms with Gasteiger partial charge in [-0.05, 0) is 231 Å². The van der Waals surface area contributed by atoms with Gasteiger partial charge in [0.25, 0.3) is 0 Å². The van der Waals surface area contributed by atoms with Crippen molar-refractivity contribution in [3.05, 3.63) is 154 Å². The zero-order chi connectivity index (χ0) is 88.4. The number of rotatable bonds is 12. The quantitative estimate of drug-likeness (QED) is 0.0513. The molecule has 2 amide bonds. The predicted octanol–water partition coefficient (Wildman–Crippen LogP) is 13.7. The number of carbonyl (C=O) groups excluding carboxylic acids is 2. The minimum atomic E-state index is -3.15. The van der Waals surface area contributed by atoms with E-state index in [-0.39, 0.29) is 17.1 Å². The average Bonchev–Trinajstić information content (AvgIpc) is 1.72. The van der Waals surface area contributed by atoms with E-state index in [1.165, 1.54) is 122 Å². The molecule has 0 bridgehead atoms. The van der Waals surface area contributed by atoms with Crippen LogP contribution in [0.4, 0.5) is 22.7 Å². The molecule has 0 unspecified atom stereocenters. The molecule has 26 rings (SSSR count). The summed E-state index contributed by atoms with van der Waals surface area (Å²) in [5.74, 6) is 0.620. The Kier molecular flexibility index (Phi) is 21.2. The van der Waals surface area contributed by atoms with Crippen LogP contribution >= 0.6 is 0 Å². The molecule has 12 aromatic heterocycles. The van der Waals surface area contributed by atoms with Crippen LogP contribution in [0.5, 0.6) is 0 Å². The monoisotopic (exact) mass is 1770 g/mol. The summed E-state index contributed by atoms with van der Waals surface area (Å²) >= 11 is 0. The SMILES string of the molecule is C=CC(=O)N1CCN(c2cc3[nH]ncc3c3c4c(c(-c5cn[nH]c5C)nc23)CCCC4)CC1.Cc1[nH]ncc1-c1nc2c(N3CCN(C(=O)C4CC4)CC3)cc3[nH]ncc3c2c2c1CCCC2.Cc1[nH]ncc1-c1nc2c(N3CCN(S(=O)(=O)C4CC4)CC3)cc3[nH]ncc3c2c2c1CCCC2.Cc1[nH]ncc1-c1nc2c(N3CCNCC3)cc3[nH]ncc3c2c2c1CCCC2. The molecule has 6 aliphatic carbocycles. The van der Waals surface area contributed by atoms with Crippen LogP contribution in [0.1, 0.15) is 144 Å². The number of hydrogen-bond donors (Lipinski definition) is 9. The molecule has 0 spiro atoms. The molecule has 9 N–H and O–H groups in total. The van der Waals surface area contributed by atoms with Gasteiger partial charge in [0.15, 0.2) is 0 Å². The zero-order valence-electron chi connectivity index (χ0n) is 74.9. The van der Waals surface area contributed by atoms with Crippen molar-refractivity contribution in [1.29, 1.82) is 0 Å². The molecule has 0 atom stereocenters. The molecule has 32 nitrogen and oxygen atoms in total. The number of anilines is 4. The van der Waals surface area contributed by atoms with Crippen LogP contribution in [0.25, 0.3) is 132 Å². The second kappa shape index (κ2) is 33.7. The third-order valence-corrected chi connectivity index (χ3v) is 32.0. The summed E-state index contributed by atoms with van der Waals surface area (Å²) in [6, 6.07) is 8.76. The number of aromatic amines is 8. The maximum absolute atomic E-state index is 12.8. The highest BCUT2D eigenvalue weighted by Crippen LogP contribution is 2.49. The van der Waals surface area contributed by atoms with Gasteiger partial charge in [-0.25, -0.2) is 28.4 Å². The fraction of sp³-hybridized carbons (Fsp3) is 0.429. The number of fused-ring (bicyclic) bond motifs is 20. The Morgan fingerprint density at radius 3 is 0.916 bits per heavy atom. The van der Waals surface area contributed by atoms with Crippen molar-refractivity contribution in [2.24, 2.45) is 5.92 Å². The van der Waals surface area contributed by atoms with Gasteiger partial charge in [0.2, 0.25) is 21.8 Å². The average molecular weight is 1780 g/mol. The second-order valence-corrected chi connectivity index (χ2v) is 39.6. The van der Waals surface area contributed by atoms with Crippen LogP contribution in [0.2, 0.25) is 0 Å². The van der Waals surface area contributed by atoms with E-state index in [0.717, 1.165) is 300 Å². The number of carbonyl (C=O) groups is 2. The Labute approximate surface area is 756 Å². The van der Waals surface area contributed by atoms with E-state index in [2.05, 4.69) is 163 Å². The lowest BCUT2D eigenvalue weighted by Crippen LogP contribution is -2.49. The summed E-state index contributed by atoms with van der Waals surface area (Å²) in [5.41, 5.74) is 36.8. The number of benzene rings is 4. The number of hydrogen-bond acceptors (Lipinski definition) is 21. The first kappa shape index (κ1) is 82.4. The number of sulfonamides is 1. The van der Waals surface area contributed by atoms with Crippen LogP contribution in [-0.4, -0.2) is 246 Å². The summed E-state index contributed by atoms with van der Waals surface area (Å²) < 4.78 is 27.3. The lowest BCUT2D eigenvalue weighted by Gasteiger charge is -2.37. The second-order valence-electron chi connectivity index (χ2n) is 37.4. The highest BCUT2D eigenvalue weighted by molar-refractivity contribution is 7.90. The van der Waals surface area contributed by atoms with Crippen LogP contribution in [0, 0.1) is 33.6 Å². The van der Waals surface area contributed by atoms with Crippen molar-refractivity contribution in [2.75, 3.05) is 124 Å². The number of nitrogens with zero attached hydrogens (tertiary/aromatic N) is 19. The summed E-state index contributed by atoms with van der Waals surface area (Å²) in [6.45, 7) is 24.3. The van der Waals surface area contributed by atoms with Gasteiger partial charge in [-0.2, -0.15) is 45.1 Å². The molecule has 33 heteroatoms. The summed E-state index contributed by atoms with van der Waals surface area (Å²) in [7, 11) is -3.15. The predicted molar refractivity (Wildman–Crippen MR) is 513 cm³/mol. The van der Waals surface area contributed by atoms with E-state index in [4.69, 9.17) is 19.9 Å². The number of H-pyrrole nitrogens is 8. The van der Waals surface area contributed by atoms with Gasteiger partial charge in [-0.3, -0.25) is 50.4 Å². The zero-order valence-corrected chi connectivity index (χ0v) is 75.7. The Morgan fingerprint density at radius 2 is 0.634 bits per heavy atom. The van der Waals surface area contributed by atoms with Crippen LogP contribution < -0.4 is 24.9 Å². The Morgan fingerprint density at radius 1 is 0.351 bits per heavy atom. The van der Waals surface area contributed by atoms with Crippen molar-refractivity contribution >= 4 is 132 Å². The molecule has 2 saturated carbocycles. The van der Waals surface area contributed by atoms with Gasteiger partial charge in [0.05, 0.1) is 144 Å². The largest absolute Gasteiger partial charge is 0.367 e. The van der Waals surface area contributed by atoms with Crippen molar-refractivity contribution < 1.29 is 18.0 Å². The third-order valence-electron chi connectivity index (χ3n) is 29.6. The normalized spacial score (nSPS) is 18.0. The van der Waals surface area contributed by atoms with Crippen molar-refractivity contribution in [1.82, 2.24) is 121 Å². The number of amides is 2. The topological polar surface area (TPSA) is 384 Å². The molecule has 4 saturated heterocycles. The first-order valence-corrected chi connectivity index (χ1v) is 48.8. The molecule has 16 aromatic rings. The molecular formula is C98H110N28O4S. The number of pyridine rings is 4. The highest BCUT2D eigenvalue weighted by Gasteiger charge is 2.43. The highest BCUT2D eigenvalue weighted by atomic mass is 32.2. The fourth-order valence-electron chi connectivity index (χ4n) is 22.4. The Hall–Kier alpha value is -13.0. The maximum Gasteiger partial charge on any atom is 0.246 e. The minimum absolute atomic E-state index is 0.00607. The van der Waals surface area contributed by atoms with Gasteiger partial charge in [-0.15, -0.1) is 0 Å². The van der Waals surface area contributed by atoms with Gasteiger partial charge in [0, 0.05) is 199 Å². The van der Waals surface area contributed by atoms with Crippen LogP contribution in [-0.2, 0) is 71.0 Å². The van der Waals surface area contributed by atoms with E-state index in [0.29, 0.717) is 45.2 Å². The van der Waals surface area contributed by atoms with Crippen molar-refractivity contribution in [3.63, 3.8) is 0 Å². The standard InChI is InChI=1S/C26H29N7O.C25H29N7O2S.C25H27N7O.C22H25N7/c1-15-19(13-27-30-15)24-18-5-3-2-4-17(18)23-20-14-28-31-21(20)12-22(25(23)29-24)32-8-10-33(11-9-32)26(34)16-6-7-16;1-15-19(13-26-29-15)24-18-5-3-2-4-17(18)23-20-14-27-30-21(20)12-22(25(23)28-24)31-8-10-32(11-9-31)35(33,34)16-6-7-16;1-3-22(33)32-10-8-31(9-11-32)21-12-20-19(14-27-30-20)23-16-6-4-5-7-17(16)24(28-25(21)23)18-13-26-29-15(18)2;1-13-16(11-24-27-13)21-15-5-3-2-4-14(15)20-17-12-25-28-18(17)10-19(22(20)26-21)29-8-6-23-7-9-29/h12-14,16H,2-11H2,1H3,(H,27,30)(H,28,31);12-14,16H,2-11H2,1H3,(H,26,29)(H,27,30);3,12-14H,1,4-11H2,2H3,(H,26,29)(H,27,30);10-12,23H,2-9H2,1H3,(H,24,27)(H,25,28). The molecule has 4 aromatic carbocycles. The Bertz CT molecular complexity index is 7310. The summed E-state index contributed by atoms with van der Waals surface area (Å²) in [6.07, 6.45) is 38.4. The fourth-order valence-corrected chi connectivity index (χ4v) is 24.2. The lowest BCUT2D eigenvalue weighted by molar-refractivity contribution is -0.132. The molecular weight excluding hydrogens is 1670 g/mol. The molecule has 672 valence electrons. The molecule has 16 heterocycles.